The van der Waals surface area contributed by atoms with Crippen molar-refractivity contribution in [1.82, 2.24) is 15.3 Å². The number of carbonyl (C=O) groups is 1. The molecule has 1 saturated heterocycles. The van der Waals surface area contributed by atoms with Crippen molar-refractivity contribution >= 4 is 5.91 Å². The Morgan fingerprint density at radius 1 is 1.29 bits per heavy atom. The van der Waals surface area contributed by atoms with Crippen molar-refractivity contribution in [2.45, 2.75) is 18.9 Å². The predicted molar refractivity (Wildman–Crippen MR) is 88.8 cm³/mol. The minimum Gasteiger partial charge on any atom is -0.480 e. The summed E-state index contributed by atoms with van der Waals surface area (Å²) in [7, 11) is 1.51. The second kappa shape index (κ2) is 7.88. The van der Waals surface area contributed by atoms with E-state index in [1.54, 1.807) is 30.7 Å². The van der Waals surface area contributed by atoms with Gasteiger partial charge in [-0.25, -0.2) is 4.98 Å². The Balaban J connectivity index is 1.84. The van der Waals surface area contributed by atoms with Gasteiger partial charge < -0.3 is 14.8 Å². The molecule has 0 bridgehead atoms. The lowest BCUT2D eigenvalue weighted by molar-refractivity contribution is 0.0513. The summed E-state index contributed by atoms with van der Waals surface area (Å²) in [5.74, 6) is 0.446. The number of amides is 1. The quantitative estimate of drug-likeness (QED) is 0.913. The Labute approximate surface area is 141 Å². The molecule has 3 rings (SSSR count). The maximum atomic E-state index is 12.8. The van der Waals surface area contributed by atoms with Gasteiger partial charge >= 0.3 is 0 Å². The molecular formula is C18H21N3O3. The summed E-state index contributed by atoms with van der Waals surface area (Å²) >= 11 is 0. The van der Waals surface area contributed by atoms with Crippen LogP contribution < -0.4 is 10.1 Å². The van der Waals surface area contributed by atoms with E-state index in [9.17, 15) is 4.79 Å². The Hall–Kier alpha value is -2.47. The number of ether oxygens (including phenoxy) is 2. The van der Waals surface area contributed by atoms with Crippen molar-refractivity contribution in [3.8, 4) is 5.88 Å². The van der Waals surface area contributed by atoms with Crippen molar-refractivity contribution in [1.29, 1.82) is 0 Å². The van der Waals surface area contributed by atoms with E-state index in [1.807, 2.05) is 12.1 Å². The molecule has 24 heavy (non-hydrogen) atoms. The van der Waals surface area contributed by atoms with Gasteiger partial charge in [0, 0.05) is 31.8 Å². The van der Waals surface area contributed by atoms with Gasteiger partial charge in [-0.1, -0.05) is 6.07 Å². The summed E-state index contributed by atoms with van der Waals surface area (Å²) in [6, 6.07) is 7.21. The molecule has 0 aliphatic carbocycles. The summed E-state index contributed by atoms with van der Waals surface area (Å²) < 4.78 is 10.6. The third kappa shape index (κ3) is 3.71. The van der Waals surface area contributed by atoms with Crippen molar-refractivity contribution in [3.63, 3.8) is 0 Å². The maximum Gasteiger partial charge on any atom is 0.257 e. The number of pyridine rings is 2. The summed E-state index contributed by atoms with van der Waals surface area (Å²) in [4.78, 5) is 21.1. The SMILES string of the molecule is COc1ncccc1C(=O)N[C@H](c1cccnc1)C1CCOCC1. The van der Waals surface area contributed by atoms with Crippen LogP contribution in [-0.2, 0) is 4.74 Å². The molecule has 1 amide bonds. The Bertz CT molecular complexity index is 672. The average Bonchev–Trinajstić information content (AvgIpc) is 2.67. The van der Waals surface area contributed by atoms with Gasteiger partial charge in [0.15, 0.2) is 0 Å². The van der Waals surface area contributed by atoms with Gasteiger partial charge in [0.25, 0.3) is 5.91 Å². The van der Waals surface area contributed by atoms with E-state index in [-0.39, 0.29) is 11.9 Å². The van der Waals surface area contributed by atoms with Crippen molar-refractivity contribution in [3.05, 3.63) is 54.0 Å². The van der Waals surface area contributed by atoms with E-state index in [0.29, 0.717) is 30.6 Å². The van der Waals surface area contributed by atoms with Crippen molar-refractivity contribution in [2.24, 2.45) is 5.92 Å². The largest absolute Gasteiger partial charge is 0.480 e. The molecule has 1 aliphatic rings. The molecule has 1 aliphatic heterocycles. The molecular weight excluding hydrogens is 306 g/mol. The third-order valence-corrected chi connectivity index (χ3v) is 4.28. The molecule has 0 aromatic carbocycles. The Morgan fingerprint density at radius 2 is 2.08 bits per heavy atom. The topological polar surface area (TPSA) is 73.3 Å². The summed E-state index contributed by atoms with van der Waals surface area (Å²) in [5.41, 5.74) is 1.43. The zero-order valence-electron chi connectivity index (χ0n) is 13.6. The molecule has 6 nitrogen and oxygen atoms in total. The number of nitrogens with zero attached hydrogens (tertiary/aromatic N) is 2. The van der Waals surface area contributed by atoms with Crippen LogP contribution in [0.4, 0.5) is 0 Å². The third-order valence-electron chi connectivity index (χ3n) is 4.28. The van der Waals surface area contributed by atoms with Gasteiger partial charge in [0.05, 0.1) is 13.2 Å². The van der Waals surface area contributed by atoms with Crippen LogP contribution in [0.3, 0.4) is 0 Å². The molecule has 3 heterocycles. The molecule has 126 valence electrons. The molecule has 1 fully saturated rings. The van der Waals surface area contributed by atoms with E-state index in [0.717, 1.165) is 18.4 Å². The summed E-state index contributed by atoms with van der Waals surface area (Å²) in [6.45, 7) is 1.43. The highest BCUT2D eigenvalue weighted by Crippen LogP contribution is 2.30. The zero-order chi connectivity index (χ0) is 16.8. The number of hydrogen-bond acceptors (Lipinski definition) is 5. The van der Waals surface area contributed by atoms with Gasteiger partial charge in [-0.3, -0.25) is 9.78 Å². The van der Waals surface area contributed by atoms with Crippen molar-refractivity contribution < 1.29 is 14.3 Å². The first-order chi connectivity index (χ1) is 11.8. The van der Waals surface area contributed by atoms with Crippen LogP contribution in [0.25, 0.3) is 0 Å². The lowest BCUT2D eigenvalue weighted by Crippen LogP contribution is -2.36. The molecule has 0 saturated carbocycles. The highest BCUT2D eigenvalue weighted by atomic mass is 16.5. The first-order valence-corrected chi connectivity index (χ1v) is 8.07. The van der Waals surface area contributed by atoms with Crippen LogP contribution in [0.2, 0.25) is 0 Å². The number of nitrogens with one attached hydrogen (secondary N) is 1. The predicted octanol–water partition coefficient (Wildman–Crippen LogP) is 2.38. The molecule has 6 heteroatoms. The number of hydrogen-bond donors (Lipinski definition) is 1. The molecule has 0 radical (unpaired) electrons. The average molecular weight is 327 g/mol. The van der Waals surface area contributed by atoms with Gasteiger partial charge in [-0.05, 0) is 42.5 Å². The van der Waals surface area contributed by atoms with Crippen molar-refractivity contribution in [2.75, 3.05) is 20.3 Å². The first-order valence-electron chi connectivity index (χ1n) is 8.07. The monoisotopic (exact) mass is 327 g/mol. The molecule has 1 N–H and O–H groups in total. The lowest BCUT2D eigenvalue weighted by atomic mass is 9.87. The standard InChI is InChI=1S/C18H21N3O3/c1-23-18-15(5-3-9-20-18)17(22)21-16(13-6-10-24-11-7-13)14-4-2-8-19-12-14/h2-5,8-9,12-13,16H,6-7,10-11H2,1H3,(H,21,22)/t16-/m0/s1. The van der Waals surface area contributed by atoms with Gasteiger partial charge in [-0.15, -0.1) is 0 Å². The van der Waals surface area contributed by atoms with Crippen LogP contribution in [0.1, 0.15) is 34.8 Å². The van der Waals surface area contributed by atoms with Crippen LogP contribution >= 0.6 is 0 Å². The molecule has 1 atom stereocenters. The Kier molecular flexibility index (Phi) is 5.38. The lowest BCUT2D eigenvalue weighted by Gasteiger charge is -2.31. The fraction of sp³-hybridized carbons (Fsp3) is 0.389. The van der Waals surface area contributed by atoms with Gasteiger partial charge in [0.2, 0.25) is 5.88 Å². The van der Waals surface area contributed by atoms with Crippen LogP contribution in [0, 0.1) is 5.92 Å². The second-order valence-corrected chi connectivity index (χ2v) is 5.75. The van der Waals surface area contributed by atoms with E-state index < -0.39 is 0 Å². The minimum atomic E-state index is -0.194. The van der Waals surface area contributed by atoms with E-state index in [2.05, 4.69) is 15.3 Å². The normalized spacial score (nSPS) is 16.4. The zero-order valence-corrected chi connectivity index (χ0v) is 13.6. The fourth-order valence-electron chi connectivity index (χ4n) is 3.03. The van der Waals surface area contributed by atoms with E-state index >= 15 is 0 Å². The fourth-order valence-corrected chi connectivity index (χ4v) is 3.03. The maximum absolute atomic E-state index is 12.8. The van der Waals surface area contributed by atoms with E-state index in [1.165, 1.54) is 7.11 Å². The number of carbonyl (C=O) groups excluding carboxylic acids is 1. The smallest absolute Gasteiger partial charge is 0.257 e. The molecule has 0 unspecified atom stereocenters. The van der Waals surface area contributed by atoms with Crippen LogP contribution in [-0.4, -0.2) is 36.2 Å². The highest BCUT2D eigenvalue weighted by molar-refractivity contribution is 5.96. The number of rotatable bonds is 5. The second-order valence-electron chi connectivity index (χ2n) is 5.75. The molecule has 2 aromatic heterocycles. The minimum absolute atomic E-state index is 0.111. The van der Waals surface area contributed by atoms with E-state index in [4.69, 9.17) is 9.47 Å². The Morgan fingerprint density at radius 3 is 2.79 bits per heavy atom. The highest BCUT2D eigenvalue weighted by Gasteiger charge is 2.28. The number of aromatic nitrogens is 2. The summed E-state index contributed by atoms with van der Waals surface area (Å²) in [6.07, 6.45) is 6.96. The van der Waals surface area contributed by atoms with Crippen LogP contribution in [0.5, 0.6) is 5.88 Å². The first kappa shape index (κ1) is 16.4. The molecule has 0 spiro atoms. The van der Waals surface area contributed by atoms with Gasteiger partial charge in [0.1, 0.15) is 5.56 Å². The molecule has 2 aromatic rings. The van der Waals surface area contributed by atoms with Gasteiger partial charge in [-0.2, -0.15) is 0 Å². The van der Waals surface area contributed by atoms with Crippen LogP contribution in [0.15, 0.2) is 42.9 Å². The summed E-state index contributed by atoms with van der Waals surface area (Å²) in [5, 5.41) is 3.14. The number of methoxy groups -OCH3 is 1.